The third kappa shape index (κ3) is 65.6. The summed E-state index contributed by atoms with van der Waals surface area (Å²) < 4.78 is 22.7. The number of ether oxygens (including phenoxy) is 4. The minimum atomic E-state index is -1.64. The van der Waals surface area contributed by atoms with Crippen LogP contribution in [0.3, 0.4) is 0 Å². The highest BCUT2D eigenvalue weighted by Gasteiger charge is 2.22. The molecule has 0 aromatic rings. The van der Waals surface area contributed by atoms with E-state index in [1.165, 1.54) is 180 Å². The van der Waals surface area contributed by atoms with Crippen molar-refractivity contribution in [3.05, 3.63) is 97.2 Å². The summed E-state index contributed by atoms with van der Waals surface area (Å²) >= 11 is 0. The van der Waals surface area contributed by atoms with Crippen molar-refractivity contribution < 1.29 is 42.9 Å². The first-order valence-corrected chi connectivity index (χ1v) is 34.4. The molecule has 0 amide bonds. The standard InChI is InChI=1S/C74H129NO8/c1-6-8-10-12-14-16-18-20-22-24-26-28-30-32-34-35-36-37-39-40-42-44-46-48-50-52-54-56-58-60-62-64-71(76)81-68-70(69-82-74(73(78)79)80-67-66-75(3,4)5)83-72(77)65-63-61-59-57-55-53-51-49-47-45-43-41-38-33-31-29-27-25-23-21-19-17-15-13-11-9-7-2/h9,11,15,17,21,23,27,29,33,38,43,45,49,51,55,57,70,74H,6-8,10,12-14,16,18-20,22,24-26,28,30-32,34-37,39-42,44,46-48,50,52-54,56,58-69H2,1-5H3/b11-9-,17-15-,23-21-,29-27-,38-33-,45-43-,51-49-,57-55-. The molecule has 478 valence electrons. The van der Waals surface area contributed by atoms with Crippen LogP contribution in [0.4, 0.5) is 0 Å². The number of carbonyl (C=O) groups is 3. The summed E-state index contributed by atoms with van der Waals surface area (Å²) in [5.41, 5.74) is 0. The molecule has 0 aliphatic rings. The Kier molecular flexibility index (Phi) is 61.3. The van der Waals surface area contributed by atoms with Crippen molar-refractivity contribution in [3.63, 3.8) is 0 Å². The second-order valence-electron chi connectivity index (χ2n) is 24.1. The summed E-state index contributed by atoms with van der Waals surface area (Å²) in [4.78, 5) is 37.4. The van der Waals surface area contributed by atoms with Gasteiger partial charge in [0.05, 0.1) is 40.3 Å². The lowest BCUT2D eigenvalue weighted by Crippen LogP contribution is -2.44. The molecule has 0 heterocycles. The van der Waals surface area contributed by atoms with E-state index in [0.717, 1.165) is 83.5 Å². The largest absolute Gasteiger partial charge is 0.545 e. The maximum Gasteiger partial charge on any atom is 0.306 e. The van der Waals surface area contributed by atoms with E-state index < -0.39 is 24.3 Å². The van der Waals surface area contributed by atoms with Crippen LogP contribution in [-0.2, 0) is 33.3 Å². The highest BCUT2D eigenvalue weighted by atomic mass is 16.7. The molecule has 0 fully saturated rings. The number of allylic oxidation sites excluding steroid dienone is 16. The topological polar surface area (TPSA) is 111 Å². The number of likely N-dealkylation sites (N-methyl/N-ethyl adjacent to an activating group) is 1. The van der Waals surface area contributed by atoms with Crippen molar-refractivity contribution in [2.24, 2.45) is 0 Å². The lowest BCUT2D eigenvalue weighted by molar-refractivity contribution is -0.870. The lowest BCUT2D eigenvalue weighted by Gasteiger charge is -2.26. The Morgan fingerprint density at radius 1 is 0.373 bits per heavy atom. The predicted octanol–water partition coefficient (Wildman–Crippen LogP) is 19.9. The van der Waals surface area contributed by atoms with Gasteiger partial charge in [0.15, 0.2) is 12.4 Å². The summed E-state index contributed by atoms with van der Waals surface area (Å²) in [6, 6.07) is 0. The Balaban J connectivity index is 4.19. The highest BCUT2D eigenvalue weighted by molar-refractivity contribution is 5.70. The summed E-state index contributed by atoms with van der Waals surface area (Å²) in [5.74, 6) is -2.34. The van der Waals surface area contributed by atoms with Gasteiger partial charge in [-0.1, -0.05) is 304 Å². The van der Waals surface area contributed by atoms with Crippen molar-refractivity contribution in [2.75, 3.05) is 47.5 Å². The number of esters is 2. The van der Waals surface area contributed by atoms with Crippen LogP contribution in [0.2, 0.25) is 0 Å². The molecule has 0 bridgehead atoms. The zero-order valence-corrected chi connectivity index (χ0v) is 54.5. The van der Waals surface area contributed by atoms with Gasteiger partial charge in [-0.25, -0.2) is 0 Å². The zero-order chi connectivity index (χ0) is 60.5. The number of carboxylic acid groups (broad SMARTS) is 1. The van der Waals surface area contributed by atoms with Crippen LogP contribution < -0.4 is 5.11 Å². The molecular formula is C74H129NO8. The minimum Gasteiger partial charge on any atom is -0.545 e. The quantitative estimate of drug-likeness (QED) is 0.0195. The van der Waals surface area contributed by atoms with Gasteiger partial charge in [0, 0.05) is 12.8 Å². The van der Waals surface area contributed by atoms with Crippen LogP contribution in [0.15, 0.2) is 97.2 Å². The van der Waals surface area contributed by atoms with Crippen LogP contribution in [0.5, 0.6) is 0 Å². The van der Waals surface area contributed by atoms with Gasteiger partial charge in [0.25, 0.3) is 0 Å². The first-order valence-electron chi connectivity index (χ1n) is 34.4. The van der Waals surface area contributed by atoms with E-state index in [9.17, 15) is 19.5 Å². The van der Waals surface area contributed by atoms with Gasteiger partial charge in [-0.05, 0) is 77.0 Å². The van der Waals surface area contributed by atoms with Crippen LogP contribution >= 0.6 is 0 Å². The third-order valence-electron chi connectivity index (χ3n) is 14.8. The Morgan fingerprint density at radius 2 is 0.687 bits per heavy atom. The number of nitrogens with zero attached hydrogens (tertiary/aromatic N) is 1. The van der Waals surface area contributed by atoms with E-state index in [2.05, 4.69) is 111 Å². The molecule has 0 aliphatic heterocycles. The Labute approximate surface area is 512 Å². The number of unbranched alkanes of at least 4 members (excludes halogenated alkanes) is 32. The second kappa shape index (κ2) is 64.2. The fourth-order valence-electron chi connectivity index (χ4n) is 9.61. The fourth-order valence-corrected chi connectivity index (χ4v) is 9.61. The molecule has 0 aromatic heterocycles. The average molecular weight is 1160 g/mol. The number of carboxylic acids is 1. The smallest absolute Gasteiger partial charge is 0.306 e. The zero-order valence-electron chi connectivity index (χ0n) is 54.5. The van der Waals surface area contributed by atoms with Gasteiger partial charge >= 0.3 is 11.9 Å². The third-order valence-corrected chi connectivity index (χ3v) is 14.8. The monoisotopic (exact) mass is 1160 g/mol. The molecule has 0 saturated heterocycles. The summed E-state index contributed by atoms with van der Waals surface area (Å²) in [5, 5.41) is 11.8. The Morgan fingerprint density at radius 3 is 1.02 bits per heavy atom. The molecule has 83 heavy (non-hydrogen) atoms. The maximum atomic E-state index is 12.9. The number of aliphatic carboxylic acids is 1. The van der Waals surface area contributed by atoms with Crippen LogP contribution in [-0.4, -0.2) is 82.3 Å². The molecule has 0 rings (SSSR count). The van der Waals surface area contributed by atoms with E-state index in [1.807, 2.05) is 21.1 Å². The molecule has 0 aromatic carbocycles. The first kappa shape index (κ1) is 79.2. The van der Waals surface area contributed by atoms with Crippen molar-refractivity contribution in [1.29, 1.82) is 0 Å². The van der Waals surface area contributed by atoms with E-state index in [1.54, 1.807) is 0 Å². The van der Waals surface area contributed by atoms with Crippen molar-refractivity contribution in [2.45, 2.75) is 309 Å². The SMILES string of the molecule is CC/C=C\C/C=C\C/C=C\C/C=C\C/C=C\C/C=C\C/C=C\C/C=C\CCCCC(=O)OC(COC(=O)CCCCCCCCCCCCCCCCCCCCCCCCCCCCCCCCC)COC(OCC[N+](C)(C)C)C(=O)[O-]. The van der Waals surface area contributed by atoms with Gasteiger partial charge in [0.2, 0.25) is 0 Å². The number of quaternary nitrogens is 1. The molecular weight excluding hydrogens is 1030 g/mol. The average Bonchev–Trinajstić information content (AvgIpc) is 3.46. The number of hydrogen-bond donors (Lipinski definition) is 0. The molecule has 0 radical (unpaired) electrons. The normalized spacial score (nSPS) is 13.3. The maximum absolute atomic E-state index is 12.9. The van der Waals surface area contributed by atoms with Gasteiger partial charge < -0.3 is 33.3 Å². The molecule has 9 nitrogen and oxygen atoms in total. The van der Waals surface area contributed by atoms with Gasteiger partial charge in [0.1, 0.15) is 13.2 Å². The molecule has 2 unspecified atom stereocenters. The first-order chi connectivity index (χ1) is 40.6. The van der Waals surface area contributed by atoms with Crippen molar-refractivity contribution in [1.82, 2.24) is 0 Å². The predicted molar refractivity (Wildman–Crippen MR) is 352 cm³/mol. The highest BCUT2D eigenvalue weighted by Crippen LogP contribution is 2.18. The van der Waals surface area contributed by atoms with Gasteiger partial charge in [-0.3, -0.25) is 9.59 Å². The molecule has 0 aliphatic carbocycles. The van der Waals surface area contributed by atoms with Gasteiger partial charge in [-0.2, -0.15) is 0 Å². The Hall–Kier alpha value is -3.79. The van der Waals surface area contributed by atoms with E-state index >= 15 is 0 Å². The van der Waals surface area contributed by atoms with Crippen LogP contribution in [0.25, 0.3) is 0 Å². The van der Waals surface area contributed by atoms with Crippen molar-refractivity contribution in [3.8, 4) is 0 Å². The van der Waals surface area contributed by atoms with Crippen LogP contribution in [0, 0.1) is 0 Å². The number of rotatable bonds is 63. The van der Waals surface area contributed by atoms with Crippen LogP contribution in [0.1, 0.15) is 296 Å². The van der Waals surface area contributed by atoms with E-state index in [0.29, 0.717) is 17.4 Å². The molecule has 2 atom stereocenters. The van der Waals surface area contributed by atoms with E-state index in [-0.39, 0.29) is 38.6 Å². The lowest BCUT2D eigenvalue weighted by atomic mass is 10.0. The number of carbonyl (C=O) groups excluding carboxylic acids is 3. The minimum absolute atomic E-state index is 0.135. The molecule has 0 saturated carbocycles. The van der Waals surface area contributed by atoms with Crippen molar-refractivity contribution >= 4 is 17.9 Å². The van der Waals surface area contributed by atoms with Gasteiger partial charge in [-0.15, -0.1) is 0 Å². The summed E-state index contributed by atoms with van der Waals surface area (Å²) in [7, 11) is 5.91. The molecule has 0 spiro atoms. The molecule has 0 N–H and O–H groups in total. The Bertz CT molecular complexity index is 1680. The summed E-state index contributed by atoms with van der Waals surface area (Å²) in [6.07, 6.45) is 85.0. The summed E-state index contributed by atoms with van der Waals surface area (Å²) in [6.45, 7) is 4.61. The molecule has 9 heteroatoms. The second-order valence-corrected chi connectivity index (χ2v) is 24.1. The van der Waals surface area contributed by atoms with E-state index in [4.69, 9.17) is 18.9 Å². The fraction of sp³-hybridized carbons (Fsp3) is 0.743. The number of hydrogen-bond acceptors (Lipinski definition) is 8.